The van der Waals surface area contributed by atoms with Gasteiger partial charge in [0.15, 0.2) is 0 Å². The summed E-state index contributed by atoms with van der Waals surface area (Å²) in [7, 11) is 0. The van der Waals surface area contributed by atoms with Crippen molar-refractivity contribution in [3.8, 4) is 0 Å². The Kier molecular flexibility index (Phi) is 4.24. The molecule has 3 heteroatoms. The van der Waals surface area contributed by atoms with E-state index in [1.807, 2.05) is 25.1 Å². The molecule has 0 saturated heterocycles. The molecule has 1 aromatic carbocycles. The first kappa shape index (κ1) is 12.9. The minimum absolute atomic E-state index is 0.0999. The van der Waals surface area contributed by atoms with Crippen molar-refractivity contribution >= 4 is 17.3 Å². The minimum Gasteiger partial charge on any atom is -0.397 e. The lowest BCUT2D eigenvalue weighted by molar-refractivity contribution is -0.117. The molecule has 0 atom stereocenters. The van der Waals surface area contributed by atoms with E-state index in [-0.39, 0.29) is 5.91 Å². The number of rotatable bonds is 3. The molecule has 1 amide bonds. The predicted octanol–water partition coefficient (Wildman–Crippen LogP) is 3.49. The van der Waals surface area contributed by atoms with Gasteiger partial charge in [-0.05, 0) is 37.3 Å². The number of anilines is 2. The minimum atomic E-state index is 0.0999. The van der Waals surface area contributed by atoms with E-state index < -0.39 is 0 Å². The second-order valence-electron chi connectivity index (χ2n) is 5.30. The SMILES string of the molecule is Cc1cccc(N)c1NC(=O)CC1CCCCC1. The molecule has 0 heterocycles. The van der Waals surface area contributed by atoms with E-state index in [9.17, 15) is 4.79 Å². The topological polar surface area (TPSA) is 55.1 Å². The Balaban J connectivity index is 1.94. The fourth-order valence-electron chi connectivity index (χ4n) is 2.71. The molecule has 0 aliphatic heterocycles. The molecule has 3 N–H and O–H groups in total. The fraction of sp³-hybridized carbons (Fsp3) is 0.533. The number of hydrogen-bond donors (Lipinski definition) is 2. The molecule has 0 spiro atoms. The summed E-state index contributed by atoms with van der Waals surface area (Å²) in [5.74, 6) is 0.659. The third kappa shape index (κ3) is 3.25. The Morgan fingerprint density at radius 3 is 2.72 bits per heavy atom. The lowest BCUT2D eigenvalue weighted by atomic mass is 9.87. The molecule has 1 aliphatic rings. The Morgan fingerprint density at radius 1 is 1.33 bits per heavy atom. The molecular formula is C15H22N2O. The summed E-state index contributed by atoms with van der Waals surface area (Å²) in [6.45, 7) is 1.96. The number of amides is 1. The maximum absolute atomic E-state index is 12.0. The van der Waals surface area contributed by atoms with Gasteiger partial charge in [-0.2, -0.15) is 0 Å². The third-order valence-electron chi connectivity index (χ3n) is 3.77. The summed E-state index contributed by atoms with van der Waals surface area (Å²) in [5.41, 5.74) is 8.33. The van der Waals surface area contributed by atoms with E-state index in [4.69, 9.17) is 5.73 Å². The second-order valence-corrected chi connectivity index (χ2v) is 5.30. The van der Waals surface area contributed by atoms with Gasteiger partial charge in [0.05, 0.1) is 11.4 Å². The number of nitrogens with one attached hydrogen (secondary N) is 1. The zero-order valence-corrected chi connectivity index (χ0v) is 11.0. The maximum Gasteiger partial charge on any atom is 0.224 e. The van der Waals surface area contributed by atoms with Gasteiger partial charge in [0.1, 0.15) is 0 Å². The van der Waals surface area contributed by atoms with Gasteiger partial charge in [-0.1, -0.05) is 31.4 Å². The van der Waals surface area contributed by atoms with Crippen LogP contribution in [0.4, 0.5) is 11.4 Å². The number of carbonyl (C=O) groups excluding carboxylic acids is 1. The molecule has 0 radical (unpaired) electrons. The van der Waals surface area contributed by atoms with Crippen LogP contribution in [-0.2, 0) is 4.79 Å². The Hall–Kier alpha value is -1.51. The standard InChI is InChI=1S/C15H22N2O/c1-11-6-5-9-13(16)15(11)17-14(18)10-12-7-3-2-4-8-12/h5-6,9,12H,2-4,7-8,10,16H2,1H3,(H,17,18). The monoisotopic (exact) mass is 246 g/mol. The summed E-state index contributed by atoms with van der Waals surface area (Å²) in [6, 6.07) is 5.69. The van der Waals surface area contributed by atoms with E-state index in [0.29, 0.717) is 18.0 Å². The van der Waals surface area contributed by atoms with Gasteiger partial charge in [0.25, 0.3) is 0 Å². The molecule has 0 unspecified atom stereocenters. The highest BCUT2D eigenvalue weighted by atomic mass is 16.1. The molecule has 0 bridgehead atoms. The van der Waals surface area contributed by atoms with Gasteiger partial charge in [-0.3, -0.25) is 4.79 Å². The first-order chi connectivity index (χ1) is 8.66. The van der Waals surface area contributed by atoms with Crippen LogP contribution in [-0.4, -0.2) is 5.91 Å². The molecule has 1 fully saturated rings. The second kappa shape index (κ2) is 5.89. The van der Waals surface area contributed by atoms with Crippen molar-refractivity contribution in [1.29, 1.82) is 0 Å². The highest BCUT2D eigenvalue weighted by Gasteiger charge is 2.17. The smallest absolute Gasteiger partial charge is 0.224 e. The summed E-state index contributed by atoms with van der Waals surface area (Å²) >= 11 is 0. The highest BCUT2D eigenvalue weighted by molar-refractivity contribution is 5.94. The molecular weight excluding hydrogens is 224 g/mol. The van der Waals surface area contributed by atoms with Crippen LogP contribution in [0, 0.1) is 12.8 Å². The quantitative estimate of drug-likeness (QED) is 0.802. The van der Waals surface area contributed by atoms with Gasteiger partial charge in [0, 0.05) is 6.42 Å². The van der Waals surface area contributed by atoms with Crippen molar-refractivity contribution in [1.82, 2.24) is 0 Å². The van der Waals surface area contributed by atoms with Crippen molar-refractivity contribution < 1.29 is 4.79 Å². The zero-order valence-electron chi connectivity index (χ0n) is 11.0. The van der Waals surface area contributed by atoms with E-state index in [0.717, 1.165) is 11.3 Å². The number of benzene rings is 1. The molecule has 0 aromatic heterocycles. The van der Waals surface area contributed by atoms with Gasteiger partial charge >= 0.3 is 0 Å². The Morgan fingerprint density at radius 2 is 2.06 bits per heavy atom. The van der Waals surface area contributed by atoms with Crippen LogP contribution in [0.1, 0.15) is 44.1 Å². The maximum atomic E-state index is 12.0. The zero-order chi connectivity index (χ0) is 13.0. The summed E-state index contributed by atoms with van der Waals surface area (Å²) in [4.78, 5) is 12.0. The average molecular weight is 246 g/mol. The molecule has 1 saturated carbocycles. The molecule has 98 valence electrons. The Bertz CT molecular complexity index is 402. The van der Waals surface area contributed by atoms with Crippen LogP contribution < -0.4 is 11.1 Å². The average Bonchev–Trinajstić information content (AvgIpc) is 2.35. The molecule has 1 aromatic rings. The summed E-state index contributed by atoms with van der Waals surface area (Å²) in [6.07, 6.45) is 6.87. The molecule has 2 rings (SSSR count). The number of hydrogen-bond acceptors (Lipinski definition) is 2. The van der Waals surface area contributed by atoms with Crippen molar-refractivity contribution in [2.24, 2.45) is 5.92 Å². The van der Waals surface area contributed by atoms with Crippen molar-refractivity contribution in [3.05, 3.63) is 23.8 Å². The number of para-hydroxylation sites is 1. The van der Waals surface area contributed by atoms with Gasteiger partial charge < -0.3 is 11.1 Å². The largest absolute Gasteiger partial charge is 0.397 e. The third-order valence-corrected chi connectivity index (χ3v) is 3.77. The molecule has 18 heavy (non-hydrogen) atoms. The van der Waals surface area contributed by atoms with E-state index in [1.165, 1.54) is 32.1 Å². The summed E-state index contributed by atoms with van der Waals surface area (Å²) in [5, 5.41) is 2.96. The van der Waals surface area contributed by atoms with Gasteiger partial charge in [-0.15, -0.1) is 0 Å². The van der Waals surface area contributed by atoms with Crippen LogP contribution >= 0.6 is 0 Å². The highest BCUT2D eigenvalue weighted by Crippen LogP contribution is 2.28. The lowest BCUT2D eigenvalue weighted by Gasteiger charge is -2.21. The lowest BCUT2D eigenvalue weighted by Crippen LogP contribution is -2.19. The van der Waals surface area contributed by atoms with Crippen molar-refractivity contribution in [2.45, 2.75) is 45.4 Å². The Labute approximate surface area is 109 Å². The number of nitrogens with two attached hydrogens (primary N) is 1. The number of aryl methyl sites for hydroxylation is 1. The van der Waals surface area contributed by atoms with E-state index in [2.05, 4.69) is 5.32 Å². The number of carbonyl (C=O) groups is 1. The fourth-order valence-corrected chi connectivity index (χ4v) is 2.71. The first-order valence-electron chi connectivity index (χ1n) is 6.82. The van der Waals surface area contributed by atoms with Gasteiger partial charge in [0.2, 0.25) is 5.91 Å². The van der Waals surface area contributed by atoms with Crippen LogP contribution in [0.2, 0.25) is 0 Å². The normalized spacial score (nSPS) is 16.5. The van der Waals surface area contributed by atoms with E-state index >= 15 is 0 Å². The van der Waals surface area contributed by atoms with Crippen molar-refractivity contribution in [3.63, 3.8) is 0 Å². The van der Waals surface area contributed by atoms with Crippen LogP contribution in [0.3, 0.4) is 0 Å². The predicted molar refractivity (Wildman–Crippen MR) is 75.4 cm³/mol. The van der Waals surface area contributed by atoms with Crippen LogP contribution in [0.25, 0.3) is 0 Å². The van der Waals surface area contributed by atoms with Crippen molar-refractivity contribution in [2.75, 3.05) is 11.1 Å². The summed E-state index contributed by atoms with van der Waals surface area (Å²) < 4.78 is 0. The molecule has 1 aliphatic carbocycles. The van der Waals surface area contributed by atoms with Crippen LogP contribution in [0.5, 0.6) is 0 Å². The van der Waals surface area contributed by atoms with Gasteiger partial charge in [-0.25, -0.2) is 0 Å². The van der Waals surface area contributed by atoms with Crippen LogP contribution in [0.15, 0.2) is 18.2 Å². The molecule has 3 nitrogen and oxygen atoms in total. The van der Waals surface area contributed by atoms with E-state index in [1.54, 1.807) is 0 Å². The first-order valence-corrected chi connectivity index (χ1v) is 6.82. The number of nitrogen functional groups attached to an aromatic ring is 1.